The highest BCUT2D eigenvalue weighted by molar-refractivity contribution is 5.94. The molecule has 3 aromatic rings. The lowest BCUT2D eigenvalue weighted by atomic mass is 9.93. The van der Waals surface area contributed by atoms with Gasteiger partial charge in [-0.15, -0.1) is 5.10 Å². The molecule has 5 rings (SSSR count). The summed E-state index contributed by atoms with van der Waals surface area (Å²) in [5.41, 5.74) is 3.84. The first-order valence-electron chi connectivity index (χ1n) is 11.3. The van der Waals surface area contributed by atoms with Crippen LogP contribution in [0.25, 0.3) is 22.2 Å². The summed E-state index contributed by atoms with van der Waals surface area (Å²) in [4.78, 5) is 4.52. The lowest BCUT2D eigenvalue weighted by Gasteiger charge is -2.32. The van der Waals surface area contributed by atoms with Crippen LogP contribution in [0.1, 0.15) is 38.6 Å². The van der Waals surface area contributed by atoms with Crippen molar-refractivity contribution in [3.05, 3.63) is 36.3 Å². The molecule has 0 spiro atoms. The average molecular weight is 451 g/mol. The van der Waals surface area contributed by atoms with E-state index in [4.69, 9.17) is 9.84 Å². The summed E-state index contributed by atoms with van der Waals surface area (Å²) in [5.74, 6) is 1.42. The number of pyridine rings is 1. The van der Waals surface area contributed by atoms with Crippen LogP contribution in [0.5, 0.6) is 0 Å². The van der Waals surface area contributed by atoms with Crippen LogP contribution in [-0.4, -0.2) is 67.0 Å². The molecule has 2 N–H and O–H groups in total. The van der Waals surface area contributed by atoms with Crippen molar-refractivity contribution in [1.82, 2.24) is 29.6 Å². The molecule has 2 aliphatic rings. The van der Waals surface area contributed by atoms with Crippen LogP contribution < -0.4 is 5.32 Å². The molecule has 10 nitrogen and oxygen atoms in total. The number of aliphatic hydroxyl groups excluding tert-OH is 1. The molecule has 0 saturated heterocycles. The number of nitrogens with one attached hydrogen (secondary N) is 1. The summed E-state index contributed by atoms with van der Waals surface area (Å²) in [7, 11) is 5.53. The third-order valence-corrected chi connectivity index (χ3v) is 6.46. The Labute approximate surface area is 192 Å². The van der Waals surface area contributed by atoms with E-state index in [1.54, 1.807) is 17.8 Å². The minimum Gasteiger partial charge on any atom is -0.473 e. The molecule has 1 fully saturated rings. The summed E-state index contributed by atoms with van der Waals surface area (Å²) >= 11 is 0. The van der Waals surface area contributed by atoms with E-state index in [2.05, 4.69) is 31.2 Å². The maximum absolute atomic E-state index is 9.91. The zero-order chi connectivity index (χ0) is 23.1. The number of aromatic nitrogens is 5. The van der Waals surface area contributed by atoms with E-state index in [1.165, 1.54) is 5.01 Å². The van der Waals surface area contributed by atoms with E-state index >= 15 is 0 Å². The molecule has 0 aromatic carbocycles. The van der Waals surface area contributed by atoms with Gasteiger partial charge in [-0.2, -0.15) is 10.2 Å². The molecule has 0 bridgehead atoms. The molecule has 1 aliphatic carbocycles. The summed E-state index contributed by atoms with van der Waals surface area (Å²) < 4.78 is 10.2. The van der Waals surface area contributed by atoms with Crippen LogP contribution in [0.2, 0.25) is 0 Å². The van der Waals surface area contributed by atoms with Crippen molar-refractivity contribution >= 4 is 22.6 Å². The minimum atomic E-state index is -0.702. The number of aliphatic hydroxyl groups is 1. The van der Waals surface area contributed by atoms with Gasteiger partial charge in [0.15, 0.2) is 6.23 Å². The smallest absolute Gasteiger partial charge is 0.233 e. The summed E-state index contributed by atoms with van der Waals surface area (Å²) in [5, 5.41) is 29.3. The maximum atomic E-state index is 9.91. The first kappa shape index (κ1) is 21.4. The predicted molar refractivity (Wildman–Crippen MR) is 127 cm³/mol. The molecule has 1 aliphatic heterocycles. The van der Waals surface area contributed by atoms with Crippen LogP contribution >= 0.6 is 0 Å². The van der Waals surface area contributed by atoms with Gasteiger partial charge in [0.2, 0.25) is 5.90 Å². The maximum Gasteiger partial charge on any atom is 0.233 e. The lowest BCUT2D eigenvalue weighted by molar-refractivity contribution is 0.0518. The van der Waals surface area contributed by atoms with Gasteiger partial charge in [-0.05, 0) is 38.7 Å². The van der Waals surface area contributed by atoms with Gasteiger partial charge in [-0.3, -0.25) is 14.4 Å². The second kappa shape index (κ2) is 8.51. The van der Waals surface area contributed by atoms with Crippen LogP contribution in [0.3, 0.4) is 0 Å². The fourth-order valence-corrected chi connectivity index (χ4v) is 4.57. The van der Waals surface area contributed by atoms with Crippen LogP contribution in [0, 0.1) is 0 Å². The molecule has 0 amide bonds. The number of ether oxygens (including phenoxy) is 1. The highest BCUT2D eigenvalue weighted by Gasteiger charge is 2.29. The van der Waals surface area contributed by atoms with Crippen LogP contribution in [0.4, 0.5) is 5.82 Å². The van der Waals surface area contributed by atoms with Gasteiger partial charge in [-0.1, -0.05) is 0 Å². The standard InChI is InChI=1S/C23H30N8O2/c1-14-9-21(32)30(4)28-23(14)33-17-7-5-16(6-8-17)31-19-10-20(24-2)25-12-18(19)22(27-31)15-11-26-29(3)13-15/h9-13,16-17,21,32H,5-8H2,1-4H3,(H,24,25)/t16-,17+,21?. The molecular formula is C23H30N8O2. The number of aryl methyl sites for hydroxylation is 1. The normalized spacial score (nSPS) is 23.4. The first-order valence-corrected chi connectivity index (χ1v) is 11.3. The molecule has 10 heteroatoms. The average Bonchev–Trinajstić information content (AvgIpc) is 3.41. The van der Waals surface area contributed by atoms with Crippen LogP contribution in [-0.2, 0) is 11.8 Å². The Morgan fingerprint density at radius 1 is 1.15 bits per heavy atom. The van der Waals surface area contributed by atoms with Crippen LogP contribution in [0.15, 0.2) is 41.4 Å². The quantitative estimate of drug-likeness (QED) is 0.630. The molecule has 4 heterocycles. The summed E-state index contributed by atoms with van der Waals surface area (Å²) in [6.45, 7) is 1.92. The molecular weight excluding hydrogens is 420 g/mol. The SMILES string of the molecule is CNc1cc2c(cn1)c(-c1cnn(C)c1)nn2[C@H]1CC[C@@H](OC2=NN(C)C(O)C=C2C)CC1. The second-order valence-electron chi connectivity index (χ2n) is 8.82. The van der Waals surface area contributed by atoms with Crippen molar-refractivity contribution < 1.29 is 9.84 Å². The van der Waals surface area contributed by atoms with E-state index in [0.29, 0.717) is 5.90 Å². The van der Waals surface area contributed by atoms with Gasteiger partial charge in [0, 0.05) is 56.1 Å². The molecule has 3 aromatic heterocycles. The van der Waals surface area contributed by atoms with Gasteiger partial charge < -0.3 is 15.2 Å². The third-order valence-electron chi connectivity index (χ3n) is 6.46. The largest absolute Gasteiger partial charge is 0.473 e. The number of nitrogens with zero attached hydrogens (tertiary/aromatic N) is 7. The minimum absolute atomic E-state index is 0.0983. The van der Waals surface area contributed by atoms with Gasteiger partial charge in [0.1, 0.15) is 17.6 Å². The Bertz CT molecular complexity index is 1220. The van der Waals surface area contributed by atoms with E-state index < -0.39 is 6.23 Å². The van der Waals surface area contributed by atoms with Gasteiger partial charge in [0.05, 0.1) is 17.8 Å². The third kappa shape index (κ3) is 4.06. The van der Waals surface area contributed by atoms with Crippen molar-refractivity contribution in [2.24, 2.45) is 12.1 Å². The zero-order valence-corrected chi connectivity index (χ0v) is 19.4. The number of anilines is 1. The van der Waals surface area contributed by atoms with Gasteiger partial charge in [-0.25, -0.2) is 4.98 Å². The zero-order valence-electron chi connectivity index (χ0n) is 19.4. The Morgan fingerprint density at radius 3 is 2.64 bits per heavy atom. The van der Waals surface area contributed by atoms with Crippen molar-refractivity contribution in [2.75, 3.05) is 19.4 Å². The number of hydrogen-bond donors (Lipinski definition) is 2. The molecule has 1 saturated carbocycles. The Morgan fingerprint density at radius 2 is 1.94 bits per heavy atom. The van der Waals surface area contributed by atoms with Crippen molar-refractivity contribution in [3.63, 3.8) is 0 Å². The fourth-order valence-electron chi connectivity index (χ4n) is 4.57. The number of hydrogen-bond acceptors (Lipinski definition) is 8. The monoisotopic (exact) mass is 450 g/mol. The van der Waals surface area contributed by atoms with Crippen molar-refractivity contribution in [2.45, 2.75) is 51.0 Å². The molecule has 174 valence electrons. The van der Waals surface area contributed by atoms with E-state index in [1.807, 2.05) is 39.6 Å². The van der Waals surface area contributed by atoms with Crippen molar-refractivity contribution in [1.29, 1.82) is 0 Å². The summed E-state index contributed by atoms with van der Waals surface area (Å²) in [6.07, 6.45) is 10.6. The van der Waals surface area contributed by atoms with Gasteiger partial charge >= 0.3 is 0 Å². The van der Waals surface area contributed by atoms with Crippen molar-refractivity contribution in [3.8, 4) is 11.3 Å². The van der Waals surface area contributed by atoms with E-state index in [0.717, 1.165) is 59.2 Å². The Hall–Kier alpha value is -3.40. The first-order chi connectivity index (χ1) is 15.9. The highest BCUT2D eigenvalue weighted by atomic mass is 16.5. The lowest BCUT2D eigenvalue weighted by Crippen LogP contribution is -2.34. The molecule has 0 radical (unpaired) electrons. The number of rotatable bonds is 4. The Kier molecular flexibility index (Phi) is 5.53. The van der Waals surface area contributed by atoms with E-state index in [-0.39, 0.29) is 12.1 Å². The highest BCUT2D eigenvalue weighted by Crippen LogP contribution is 2.36. The molecule has 33 heavy (non-hydrogen) atoms. The fraction of sp³-hybridized carbons (Fsp3) is 0.478. The molecule has 1 unspecified atom stereocenters. The number of hydrazone groups is 1. The number of fused-ring (bicyclic) bond motifs is 1. The van der Waals surface area contributed by atoms with Gasteiger partial charge in [0.25, 0.3) is 0 Å². The summed E-state index contributed by atoms with van der Waals surface area (Å²) in [6, 6.07) is 2.34. The second-order valence-corrected chi connectivity index (χ2v) is 8.82. The van der Waals surface area contributed by atoms with E-state index in [9.17, 15) is 5.11 Å². The topological polar surface area (TPSA) is 106 Å². The molecule has 1 atom stereocenters. The Balaban J connectivity index is 1.37. The number of likely N-dealkylation sites (N-methyl/N-ethyl adjacent to an activating group) is 1. The predicted octanol–water partition coefficient (Wildman–Crippen LogP) is 2.90.